The van der Waals surface area contributed by atoms with Crippen LogP contribution in [-0.2, 0) is 16.7 Å². The fraction of sp³-hybridized carbons (Fsp3) is 0.286. The highest BCUT2D eigenvalue weighted by atomic mass is 16.5. The normalized spacial score (nSPS) is 14.1. The molecule has 5 aromatic rings. The Bertz CT molecular complexity index is 1750. The van der Waals surface area contributed by atoms with Crippen molar-refractivity contribution in [2.45, 2.75) is 39.7 Å². The summed E-state index contributed by atoms with van der Waals surface area (Å²) in [6, 6.07) is 28.0. The maximum absolute atomic E-state index is 13.4. The van der Waals surface area contributed by atoms with Crippen molar-refractivity contribution in [3.8, 4) is 16.9 Å². The molecule has 6 rings (SSSR count). The number of hydrogen-bond donors (Lipinski definition) is 2. The van der Waals surface area contributed by atoms with Crippen LogP contribution in [0, 0.1) is 6.92 Å². The Morgan fingerprint density at radius 2 is 1.63 bits per heavy atom. The van der Waals surface area contributed by atoms with Gasteiger partial charge in [0.1, 0.15) is 5.82 Å². The number of anilines is 2. The highest BCUT2D eigenvalue weighted by Gasteiger charge is 2.22. The van der Waals surface area contributed by atoms with E-state index in [0.717, 1.165) is 83.2 Å². The highest BCUT2D eigenvalue weighted by Crippen LogP contribution is 2.33. The summed E-state index contributed by atoms with van der Waals surface area (Å²) in [7, 11) is 0. The molecule has 3 heterocycles. The van der Waals surface area contributed by atoms with Gasteiger partial charge in [-0.2, -0.15) is 5.10 Å². The molecule has 1 aliphatic rings. The van der Waals surface area contributed by atoms with Gasteiger partial charge in [0.05, 0.1) is 41.7 Å². The Labute approximate surface area is 252 Å². The smallest absolute Gasteiger partial charge is 0.324 e. The largest absolute Gasteiger partial charge is 0.379 e. The Kier molecular flexibility index (Phi) is 7.97. The van der Waals surface area contributed by atoms with Crippen molar-refractivity contribution in [1.29, 1.82) is 0 Å². The molecule has 2 N–H and O–H groups in total. The monoisotopic (exact) mass is 574 g/mol. The van der Waals surface area contributed by atoms with Crippen LogP contribution >= 0.6 is 0 Å². The number of ether oxygens (including phenoxy) is 1. The number of pyridine rings is 1. The standard InChI is InChI=1S/C35H38N6O2/c1-24-12-14-26(15-13-24)41-33(22-32(39-41)35(2,3)4)38-34(42)37-31-17-16-29(27-9-5-6-10-28(27)31)30-11-7-8-25(36-30)23-40-18-20-43-21-19-40/h5-17,22H,18-21,23H2,1-4H3,(H2,37,38,42). The van der Waals surface area contributed by atoms with Gasteiger partial charge in [-0.3, -0.25) is 15.2 Å². The number of nitrogens with one attached hydrogen (secondary N) is 2. The van der Waals surface area contributed by atoms with Crippen LogP contribution in [0.25, 0.3) is 27.7 Å². The van der Waals surface area contributed by atoms with E-state index in [-0.39, 0.29) is 11.4 Å². The summed E-state index contributed by atoms with van der Waals surface area (Å²) in [4.78, 5) is 20.8. The predicted molar refractivity (Wildman–Crippen MR) is 173 cm³/mol. The number of amides is 2. The van der Waals surface area contributed by atoms with Crippen LogP contribution in [0.2, 0.25) is 0 Å². The number of hydrogen-bond acceptors (Lipinski definition) is 5. The van der Waals surface area contributed by atoms with E-state index in [1.165, 1.54) is 0 Å². The molecule has 0 radical (unpaired) electrons. The Morgan fingerprint density at radius 1 is 0.884 bits per heavy atom. The molecule has 43 heavy (non-hydrogen) atoms. The Balaban J connectivity index is 1.27. The quantitative estimate of drug-likeness (QED) is 0.225. The number of urea groups is 1. The number of aromatic nitrogens is 3. The molecule has 0 unspecified atom stereocenters. The van der Waals surface area contributed by atoms with Crippen molar-refractivity contribution in [3.63, 3.8) is 0 Å². The third kappa shape index (κ3) is 6.45. The summed E-state index contributed by atoms with van der Waals surface area (Å²) in [5.41, 5.74) is 6.45. The lowest BCUT2D eigenvalue weighted by Crippen LogP contribution is -2.35. The van der Waals surface area contributed by atoms with Gasteiger partial charge >= 0.3 is 6.03 Å². The maximum Gasteiger partial charge on any atom is 0.324 e. The summed E-state index contributed by atoms with van der Waals surface area (Å²) >= 11 is 0. The second kappa shape index (κ2) is 12.0. The lowest BCUT2D eigenvalue weighted by molar-refractivity contribution is 0.0336. The van der Waals surface area contributed by atoms with Crippen molar-refractivity contribution >= 4 is 28.3 Å². The number of aryl methyl sites for hydroxylation is 1. The topological polar surface area (TPSA) is 84.3 Å². The molecule has 8 nitrogen and oxygen atoms in total. The molecule has 0 spiro atoms. The van der Waals surface area contributed by atoms with Crippen LogP contribution in [0.15, 0.2) is 84.9 Å². The van der Waals surface area contributed by atoms with Crippen LogP contribution < -0.4 is 10.6 Å². The number of morpholine rings is 1. The molecule has 1 saturated heterocycles. The van der Waals surface area contributed by atoms with Gasteiger partial charge in [-0.05, 0) is 42.6 Å². The van der Waals surface area contributed by atoms with Crippen LogP contribution in [0.1, 0.15) is 37.7 Å². The van der Waals surface area contributed by atoms with Crippen molar-refractivity contribution in [3.05, 3.63) is 102 Å². The van der Waals surface area contributed by atoms with Gasteiger partial charge in [0.2, 0.25) is 0 Å². The first kappa shape index (κ1) is 28.6. The second-order valence-corrected chi connectivity index (χ2v) is 12.1. The minimum Gasteiger partial charge on any atom is -0.379 e. The first-order chi connectivity index (χ1) is 20.7. The average molecular weight is 575 g/mol. The Morgan fingerprint density at radius 3 is 2.37 bits per heavy atom. The fourth-order valence-corrected chi connectivity index (χ4v) is 5.33. The maximum atomic E-state index is 13.4. The molecule has 3 aromatic carbocycles. The third-order valence-corrected chi connectivity index (χ3v) is 7.74. The zero-order valence-electron chi connectivity index (χ0n) is 25.2. The number of fused-ring (bicyclic) bond motifs is 1. The molecular formula is C35H38N6O2. The van der Waals surface area contributed by atoms with Crippen molar-refractivity contribution < 1.29 is 9.53 Å². The van der Waals surface area contributed by atoms with E-state index in [1.807, 2.05) is 73.7 Å². The number of carbonyl (C=O) groups excluding carboxylic acids is 1. The minimum absolute atomic E-state index is 0.178. The molecule has 8 heteroatoms. The zero-order chi connectivity index (χ0) is 30.0. The van der Waals surface area contributed by atoms with Gasteiger partial charge in [-0.25, -0.2) is 9.48 Å². The van der Waals surface area contributed by atoms with Crippen LogP contribution in [0.5, 0.6) is 0 Å². The summed E-state index contributed by atoms with van der Waals surface area (Å²) < 4.78 is 7.28. The van der Waals surface area contributed by atoms with Crippen molar-refractivity contribution in [2.75, 3.05) is 36.9 Å². The third-order valence-electron chi connectivity index (χ3n) is 7.74. The number of benzene rings is 3. The first-order valence-corrected chi connectivity index (χ1v) is 14.8. The predicted octanol–water partition coefficient (Wildman–Crippen LogP) is 7.17. The van der Waals surface area contributed by atoms with E-state index in [9.17, 15) is 4.79 Å². The van der Waals surface area contributed by atoms with Gasteiger partial charge in [0, 0.05) is 42.1 Å². The highest BCUT2D eigenvalue weighted by molar-refractivity contribution is 6.09. The minimum atomic E-state index is -0.336. The van der Waals surface area contributed by atoms with E-state index < -0.39 is 0 Å². The molecule has 1 aliphatic heterocycles. The van der Waals surface area contributed by atoms with E-state index in [1.54, 1.807) is 4.68 Å². The van der Waals surface area contributed by atoms with Gasteiger partial charge in [0.15, 0.2) is 0 Å². The molecule has 0 atom stereocenters. The molecule has 2 amide bonds. The van der Waals surface area contributed by atoms with Crippen molar-refractivity contribution in [2.24, 2.45) is 0 Å². The van der Waals surface area contributed by atoms with Gasteiger partial charge < -0.3 is 10.1 Å². The SMILES string of the molecule is Cc1ccc(-n2nc(C(C)(C)C)cc2NC(=O)Nc2ccc(-c3cccc(CN4CCOCC4)n3)c3ccccc23)cc1. The van der Waals surface area contributed by atoms with E-state index >= 15 is 0 Å². The lowest BCUT2D eigenvalue weighted by atomic mass is 9.92. The number of rotatable bonds is 6. The molecule has 1 fully saturated rings. The second-order valence-electron chi connectivity index (χ2n) is 12.1. The molecule has 220 valence electrons. The summed E-state index contributed by atoms with van der Waals surface area (Å²) in [6.07, 6.45) is 0. The molecule has 2 aromatic heterocycles. The van der Waals surface area contributed by atoms with E-state index in [4.69, 9.17) is 14.8 Å². The molecule has 0 bridgehead atoms. The van der Waals surface area contributed by atoms with Crippen LogP contribution in [0.4, 0.5) is 16.3 Å². The number of carbonyl (C=O) groups is 1. The summed E-state index contributed by atoms with van der Waals surface area (Å²) in [6.45, 7) is 12.5. The average Bonchev–Trinajstić information content (AvgIpc) is 3.43. The van der Waals surface area contributed by atoms with E-state index in [0.29, 0.717) is 5.82 Å². The molecule has 0 aliphatic carbocycles. The molecule has 0 saturated carbocycles. The summed E-state index contributed by atoms with van der Waals surface area (Å²) in [5, 5.41) is 12.9. The zero-order valence-corrected chi connectivity index (χ0v) is 25.2. The van der Waals surface area contributed by atoms with Crippen LogP contribution in [-0.4, -0.2) is 52.0 Å². The van der Waals surface area contributed by atoms with Gasteiger partial charge in [-0.15, -0.1) is 0 Å². The fourth-order valence-electron chi connectivity index (χ4n) is 5.33. The lowest BCUT2D eigenvalue weighted by Gasteiger charge is -2.26. The van der Waals surface area contributed by atoms with Crippen LogP contribution in [0.3, 0.4) is 0 Å². The first-order valence-electron chi connectivity index (χ1n) is 14.8. The van der Waals surface area contributed by atoms with Gasteiger partial charge in [0.25, 0.3) is 0 Å². The Hall–Kier alpha value is -4.53. The van der Waals surface area contributed by atoms with Crippen molar-refractivity contribution in [1.82, 2.24) is 19.7 Å². The number of nitrogens with zero attached hydrogens (tertiary/aromatic N) is 4. The summed E-state index contributed by atoms with van der Waals surface area (Å²) in [5.74, 6) is 0.605. The molecular weight excluding hydrogens is 536 g/mol. The van der Waals surface area contributed by atoms with E-state index in [2.05, 4.69) is 54.5 Å². The van der Waals surface area contributed by atoms with Gasteiger partial charge in [-0.1, -0.05) is 74.9 Å².